The Morgan fingerprint density at radius 2 is 2.04 bits per heavy atom. The fourth-order valence-electron chi connectivity index (χ4n) is 1.58. The molecule has 0 atom stereocenters. The molecule has 2 aromatic rings. The maximum Gasteiger partial charge on any atom is 0.259 e. The number of benzene rings is 1. The summed E-state index contributed by atoms with van der Waals surface area (Å²) in [7, 11) is 0. The van der Waals surface area contributed by atoms with E-state index in [1.807, 2.05) is 0 Å². The van der Waals surface area contributed by atoms with E-state index in [0.29, 0.717) is 11.3 Å². The molecule has 0 saturated heterocycles. The first-order valence-electron chi connectivity index (χ1n) is 6.74. The fraction of sp³-hybridized carbons (Fsp3) is 0.0625. The number of para-hydroxylation sites is 1. The van der Waals surface area contributed by atoms with Crippen LogP contribution in [0.25, 0.3) is 6.08 Å². The summed E-state index contributed by atoms with van der Waals surface area (Å²) in [5, 5.41) is 15.6. The maximum atomic E-state index is 11.5. The zero-order valence-electron chi connectivity index (χ0n) is 12.1. The van der Waals surface area contributed by atoms with Crippen LogP contribution in [0.1, 0.15) is 11.3 Å². The van der Waals surface area contributed by atoms with Crippen molar-refractivity contribution in [1.82, 2.24) is 10.7 Å². The molecule has 0 saturated carbocycles. The monoisotopic (exact) mass is 313 g/mol. The van der Waals surface area contributed by atoms with E-state index in [4.69, 9.17) is 4.42 Å². The Morgan fingerprint density at radius 1 is 1.22 bits per heavy atom. The van der Waals surface area contributed by atoms with Gasteiger partial charge in [0.25, 0.3) is 5.91 Å². The van der Waals surface area contributed by atoms with E-state index in [-0.39, 0.29) is 12.3 Å². The Morgan fingerprint density at radius 3 is 2.78 bits per heavy atom. The highest BCUT2D eigenvalue weighted by Crippen LogP contribution is 2.12. The van der Waals surface area contributed by atoms with E-state index >= 15 is 0 Å². The summed E-state index contributed by atoms with van der Waals surface area (Å²) in [5.74, 6) is -0.323. The molecule has 3 N–H and O–H groups in total. The first-order valence-corrected chi connectivity index (χ1v) is 6.74. The number of carbonyl (C=O) groups excluding carboxylic acids is 2. The number of hydrogen-bond acceptors (Lipinski definition) is 5. The fourth-order valence-corrected chi connectivity index (χ4v) is 1.58. The predicted molar refractivity (Wildman–Crippen MR) is 84.6 cm³/mol. The van der Waals surface area contributed by atoms with Crippen LogP contribution in [-0.2, 0) is 9.59 Å². The number of hydrogen-bond donors (Lipinski definition) is 3. The molecule has 7 heteroatoms. The lowest BCUT2D eigenvalue weighted by molar-refractivity contribution is -0.123. The number of nitrogens with zero attached hydrogens (tertiary/aromatic N) is 1. The van der Waals surface area contributed by atoms with Crippen LogP contribution in [0, 0.1) is 0 Å². The first-order chi connectivity index (χ1) is 11.1. The van der Waals surface area contributed by atoms with Gasteiger partial charge in [0.2, 0.25) is 5.91 Å². The number of furan rings is 1. The summed E-state index contributed by atoms with van der Waals surface area (Å²) < 4.78 is 5.03. The van der Waals surface area contributed by atoms with Gasteiger partial charge in [-0.25, -0.2) is 5.43 Å². The average molecular weight is 313 g/mol. The van der Waals surface area contributed by atoms with Crippen molar-refractivity contribution in [1.29, 1.82) is 0 Å². The third kappa shape index (κ3) is 5.50. The van der Waals surface area contributed by atoms with Crippen molar-refractivity contribution < 1.29 is 19.1 Å². The van der Waals surface area contributed by atoms with Crippen molar-refractivity contribution in [3.63, 3.8) is 0 Å². The summed E-state index contributed by atoms with van der Waals surface area (Å²) in [4.78, 5) is 23.0. The molecule has 0 spiro atoms. The lowest BCUT2D eigenvalue weighted by Gasteiger charge is -2.01. The van der Waals surface area contributed by atoms with Gasteiger partial charge in [0, 0.05) is 11.6 Å². The molecule has 0 aliphatic carbocycles. The highest BCUT2D eigenvalue weighted by molar-refractivity contribution is 5.94. The van der Waals surface area contributed by atoms with E-state index in [2.05, 4.69) is 15.8 Å². The molecule has 0 radical (unpaired) electrons. The lowest BCUT2D eigenvalue weighted by Crippen LogP contribution is -2.34. The van der Waals surface area contributed by atoms with Gasteiger partial charge in [-0.15, -0.1) is 0 Å². The Labute approximate surface area is 132 Å². The quantitative estimate of drug-likeness (QED) is 0.424. The molecule has 0 unspecified atom stereocenters. The van der Waals surface area contributed by atoms with Gasteiger partial charge < -0.3 is 14.8 Å². The summed E-state index contributed by atoms with van der Waals surface area (Å²) in [5.41, 5.74) is 2.72. The number of phenolic OH excluding ortho intramolecular Hbond substituents is 1. The topological polar surface area (TPSA) is 104 Å². The van der Waals surface area contributed by atoms with Crippen LogP contribution in [0.5, 0.6) is 5.75 Å². The minimum atomic E-state index is -0.489. The second-order valence-electron chi connectivity index (χ2n) is 4.42. The summed E-state index contributed by atoms with van der Waals surface area (Å²) in [6.45, 7) is -0.223. The Balaban J connectivity index is 1.73. The lowest BCUT2D eigenvalue weighted by atomic mass is 10.2. The van der Waals surface area contributed by atoms with Gasteiger partial charge in [0.15, 0.2) is 0 Å². The van der Waals surface area contributed by atoms with Crippen LogP contribution in [0.2, 0.25) is 0 Å². The SMILES string of the molecule is O=C(C=Cc1ccco1)NCC(=O)NN=Cc1ccccc1O. The van der Waals surface area contributed by atoms with Crippen molar-refractivity contribution in [2.24, 2.45) is 5.10 Å². The average Bonchev–Trinajstić information content (AvgIpc) is 3.06. The van der Waals surface area contributed by atoms with Crippen molar-refractivity contribution in [3.05, 3.63) is 60.1 Å². The molecule has 23 heavy (non-hydrogen) atoms. The number of rotatable bonds is 6. The van der Waals surface area contributed by atoms with Crippen molar-refractivity contribution >= 4 is 24.1 Å². The molecule has 1 heterocycles. The minimum absolute atomic E-state index is 0.0573. The largest absolute Gasteiger partial charge is 0.507 e. The van der Waals surface area contributed by atoms with E-state index in [9.17, 15) is 14.7 Å². The highest BCUT2D eigenvalue weighted by atomic mass is 16.3. The Bertz CT molecular complexity index is 721. The second-order valence-corrected chi connectivity index (χ2v) is 4.42. The summed E-state index contributed by atoms with van der Waals surface area (Å²) >= 11 is 0. The van der Waals surface area contributed by atoms with Crippen LogP contribution in [0.3, 0.4) is 0 Å². The molecule has 0 bridgehead atoms. The molecule has 1 aromatic heterocycles. The molecule has 7 nitrogen and oxygen atoms in total. The second kappa shape index (κ2) is 8.18. The number of phenols is 1. The van der Waals surface area contributed by atoms with E-state index < -0.39 is 11.8 Å². The molecule has 118 valence electrons. The number of amides is 2. The molecule has 0 fully saturated rings. The minimum Gasteiger partial charge on any atom is -0.507 e. The molecule has 1 aromatic carbocycles. The Kier molecular flexibility index (Phi) is 5.70. The Hall–Kier alpha value is -3.35. The van der Waals surface area contributed by atoms with Crippen LogP contribution in [-0.4, -0.2) is 29.7 Å². The molecule has 2 amide bonds. The van der Waals surface area contributed by atoms with Crippen molar-refractivity contribution in [2.75, 3.05) is 6.54 Å². The standard InChI is InChI=1S/C16H15N3O4/c20-14-6-2-1-4-12(14)10-18-19-16(22)11-17-15(21)8-7-13-5-3-9-23-13/h1-10,20H,11H2,(H,17,21)(H,19,22). The summed E-state index contributed by atoms with van der Waals surface area (Å²) in [6, 6.07) is 9.96. The zero-order chi connectivity index (χ0) is 16.5. The van der Waals surface area contributed by atoms with Gasteiger partial charge in [0.1, 0.15) is 11.5 Å². The zero-order valence-corrected chi connectivity index (χ0v) is 12.1. The van der Waals surface area contributed by atoms with Crippen molar-refractivity contribution in [2.45, 2.75) is 0 Å². The summed E-state index contributed by atoms with van der Waals surface area (Å²) in [6.07, 6.45) is 5.56. The molecule has 2 rings (SSSR count). The van der Waals surface area contributed by atoms with Crippen LogP contribution >= 0.6 is 0 Å². The number of nitrogens with one attached hydrogen (secondary N) is 2. The van der Waals surface area contributed by atoms with Gasteiger partial charge in [-0.2, -0.15) is 5.10 Å². The van der Waals surface area contributed by atoms with Gasteiger partial charge in [-0.05, 0) is 30.3 Å². The van der Waals surface area contributed by atoms with E-state index in [0.717, 1.165) is 0 Å². The van der Waals surface area contributed by atoms with Gasteiger partial charge in [-0.1, -0.05) is 12.1 Å². The molecular formula is C16H15N3O4. The highest BCUT2D eigenvalue weighted by Gasteiger charge is 2.02. The first kappa shape index (κ1) is 16.0. The van der Waals surface area contributed by atoms with Crippen LogP contribution in [0.4, 0.5) is 0 Å². The maximum absolute atomic E-state index is 11.5. The van der Waals surface area contributed by atoms with E-state index in [1.165, 1.54) is 30.7 Å². The smallest absolute Gasteiger partial charge is 0.259 e. The number of carbonyl (C=O) groups is 2. The molecule has 0 aliphatic rings. The van der Waals surface area contributed by atoms with E-state index in [1.54, 1.807) is 30.3 Å². The predicted octanol–water partition coefficient (Wildman–Crippen LogP) is 1.26. The van der Waals surface area contributed by atoms with Gasteiger partial charge >= 0.3 is 0 Å². The number of aromatic hydroxyl groups is 1. The number of hydrazone groups is 1. The van der Waals surface area contributed by atoms with Gasteiger partial charge in [0.05, 0.1) is 19.0 Å². The molecular weight excluding hydrogens is 298 g/mol. The van der Waals surface area contributed by atoms with Crippen molar-refractivity contribution in [3.8, 4) is 5.75 Å². The third-order valence-electron chi connectivity index (χ3n) is 2.69. The van der Waals surface area contributed by atoms with Crippen LogP contribution in [0.15, 0.2) is 58.3 Å². The molecule has 0 aliphatic heterocycles. The third-order valence-corrected chi connectivity index (χ3v) is 2.69. The van der Waals surface area contributed by atoms with Gasteiger partial charge in [-0.3, -0.25) is 9.59 Å². The van der Waals surface area contributed by atoms with Crippen LogP contribution < -0.4 is 10.7 Å². The normalized spacial score (nSPS) is 11.0.